The quantitative estimate of drug-likeness (QED) is 0.707. The van der Waals surface area contributed by atoms with E-state index in [-0.39, 0.29) is 18.0 Å². The first-order valence-corrected chi connectivity index (χ1v) is 10.3. The number of amides is 5. The van der Waals surface area contributed by atoms with Crippen LogP contribution in [0.5, 0.6) is 0 Å². The van der Waals surface area contributed by atoms with Gasteiger partial charge in [-0.3, -0.25) is 10.1 Å². The van der Waals surface area contributed by atoms with Gasteiger partial charge in [-0.25, -0.2) is 14.5 Å². The fraction of sp³-hybridized carbons (Fsp3) is 0.571. The summed E-state index contributed by atoms with van der Waals surface area (Å²) in [5, 5.41) is 8.82. The van der Waals surface area contributed by atoms with Crippen molar-refractivity contribution in [3.05, 3.63) is 35.4 Å². The highest BCUT2D eigenvalue weighted by molar-refractivity contribution is 5.96. The van der Waals surface area contributed by atoms with Gasteiger partial charge in [0.1, 0.15) is 0 Å². The average Bonchev–Trinajstić information content (AvgIpc) is 2.67. The van der Waals surface area contributed by atoms with Gasteiger partial charge in [-0.1, -0.05) is 24.3 Å². The second-order valence-corrected chi connectivity index (χ2v) is 8.13. The summed E-state index contributed by atoms with van der Waals surface area (Å²) in [4.78, 5) is 39.0. The molecule has 0 radical (unpaired) electrons. The van der Waals surface area contributed by atoms with Crippen LogP contribution in [0, 0.1) is 0 Å². The first-order valence-electron chi connectivity index (χ1n) is 10.3. The Labute approximate surface area is 172 Å². The highest BCUT2D eigenvalue weighted by Gasteiger charge is 2.33. The minimum atomic E-state index is -0.623. The number of nitrogens with one attached hydrogen (secondary N) is 3. The van der Waals surface area contributed by atoms with Crippen LogP contribution in [-0.2, 0) is 4.79 Å². The maximum atomic E-state index is 12.2. The van der Waals surface area contributed by atoms with E-state index in [0.29, 0.717) is 5.92 Å². The summed E-state index contributed by atoms with van der Waals surface area (Å²) in [6.45, 7) is 8.81. The van der Waals surface area contributed by atoms with Crippen LogP contribution in [0.15, 0.2) is 24.3 Å². The lowest BCUT2D eigenvalue weighted by Crippen LogP contribution is -2.69. The first-order chi connectivity index (χ1) is 13.8. The van der Waals surface area contributed by atoms with Crippen LogP contribution in [0.25, 0.3) is 0 Å². The third kappa shape index (κ3) is 4.87. The smallest absolute Gasteiger partial charge is 0.328 e. The summed E-state index contributed by atoms with van der Waals surface area (Å²) in [7, 11) is 0. The van der Waals surface area contributed by atoms with Gasteiger partial charge in [-0.15, -0.1) is 0 Å². The van der Waals surface area contributed by atoms with Gasteiger partial charge in [0, 0.05) is 32.1 Å². The molecule has 2 heterocycles. The fourth-order valence-corrected chi connectivity index (χ4v) is 4.02. The summed E-state index contributed by atoms with van der Waals surface area (Å²) in [6, 6.07) is 7.31. The topological polar surface area (TPSA) is 93.8 Å². The normalized spacial score (nSPS) is 19.9. The Kier molecular flexibility index (Phi) is 6.42. The first kappa shape index (κ1) is 21.1. The second-order valence-electron chi connectivity index (χ2n) is 8.13. The highest BCUT2D eigenvalue weighted by atomic mass is 16.2. The zero-order chi connectivity index (χ0) is 21.1. The standard InChI is InChI=1S/C21H31N5O3/c1-13(2)26-20(28)23-19(24-21(26)29)22-14(3)17-6-5-7-18(12-17)16-8-10-25(11-9-16)15(4)27/h5-7,12-14,16,19,22H,8-11H2,1-4H3,(H,23,28)(H,24,29)/t14-/m0/s1. The molecule has 2 aliphatic heterocycles. The Morgan fingerprint density at radius 2 is 1.72 bits per heavy atom. The molecule has 0 aliphatic carbocycles. The van der Waals surface area contributed by atoms with Crippen molar-refractivity contribution in [2.45, 2.75) is 64.8 Å². The molecule has 1 aromatic rings. The molecule has 5 amide bonds. The third-order valence-corrected chi connectivity index (χ3v) is 5.73. The van der Waals surface area contributed by atoms with E-state index in [9.17, 15) is 14.4 Å². The lowest BCUT2D eigenvalue weighted by Gasteiger charge is -2.36. The summed E-state index contributed by atoms with van der Waals surface area (Å²) >= 11 is 0. The van der Waals surface area contributed by atoms with E-state index in [4.69, 9.17) is 0 Å². The number of hydrogen-bond donors (Lipinski definition) is 3. The Hall–Kier alpha value is -2.61. The van der Waals surface area contributed by atoms with Gasteiger partial charge in [-0.2, -0.15) is 0 Å². The number of likely N-dealkylation sites (tertiary alicyclic amines) is 1. The number of piperidine rings is 1. The molecular weight excluding hydrogens is 370 g/mol. The molecule has 0 aromatic heterocycles. The average molecular weight is 402 g/mol. The van der Waals surface area contributed by atoms with Crippen molar-refractivity contribution in [1.82, 2.24) is 25.8 Å². The highest BCUT2D eigenvalue weighted by Crippen LogP contribution is 2.29. The molecule has 0 unspecified atom stereocenters. The molecule has 1 aromatic carbocycles. The van der Waals surface area contributed by atoms with Crippen molar-refractivity contribution < 1.29 is 14.4 Å². The Morgan fingerprint density at radius 1 is 1.10 bits per heavy atom. The van der Waals surface area contributed by atoms with Gasteiger partial charge in [0.25, 0.3) is 0 Å². The zero-order valence-electron chi connectivity index (χ0n) is 17.6. The van der Waals surface area contributed by atoms with Gasteiger partial charge in [-0.05, 0) is 50.7 Å². The summed E-state index contributed by atoms with van der Waals surface area (Å²) in [5.41, 5.74) is 2.35. The van der Waals surface area contributed by atoms with E-state index < -0.39 is 18.4 Å². The number of urea groups is 2. The minimum Gasteiger partial charge on any atom is -0.343 e. The molecule has 2 saturated heterocycles. The van der Waals surface area contributed by atoms with E-state index in [1.807, 2.05) is 24.0 Å². The number of carbonyl (C=O) groups is 3. The SMILES string of the molecule is CC(=O)N1CCC(c2cccc([C@H](C)NC3NC(=O)N(C(C)C)C(=O)N3)c2)CC1. The number of nitrogens with zero attached hydrogens (tertiary/aromatic N) is 2. The van der Waals surface area contributed by atoms with Crippen LogP contribution in [-0.4, -0.2) is 53.2 Å². The van der Waals surface area contributed by atoms with E-state index >= 15 is 0 Å². The zero-order valence-corrected chi connectivity index (χ0v) is 17.6. The summed E-state index contributed by atoms with van der Waals surface area (Å²) in [6.07, 6.45) is 1.30. The number of rotatable bonds is 5. The van der Waals surface area contributed by atoms with Crippen LogP contribution in [0.1, 0.15) is 63.6 Å². The number of benzene rings is 1. The molecule has 2 aliphatic rings. The van der Waals surface area contributed by atoms with Crippen molar-refractivity contribution in [2.24, 2.45) is 0 Å². The summed E-state index contributed by atoms with van der Waals surface area (Å²) in [5.74, 6) is 0.578. The molecule has 3 rings (SSSR count). The van der Waals surface area contributed by atoms with E-state index in [1.54, 1.807) is 20.8 Å². The van der Waals surface area contributed by atoms with Gasteiger partial charge in [0.2, 0.25) is 5.91 Å². The van der Waals surface area contributed by atoms with Crippen molar-refractivity contribution in [3.63, 3.8) is 0 Å². The Morgan fingerprint density at radius 3 is 2.28 bits per heavy atom. The Balaban J connectivity index is 1.61. The van der Waals surface area contributed by atoms with Crippen LogP contribution in [0.4, 0.5) is 9.59 Å². The molecule has 0 spiro atoms. The van der Waals surface area contributed by atoms with E-state index in [0.717, 1.165) is 36.4 Å². The number of hydrogen-bond acceptors (Lipinski definition) is 4. The monoisotopic (exact) mass is 401 g/mol. The number of carbonyl (C=O) groups excluding carboxylic acids is 3. The maximum Gasteiger partial charge on any atom is 0.328 e. The van der Waals surface area contributed by atoms with Crippen molar-refractivity contribution >= 4 is 18.0 Å². The summed E-state index contributed by atoms with van der Waals surface area (Å²) < 4.78 is 0. The van der Waals surface area contributed by atoms with Crippen molar-refractivity contribution in [3.8, 4) is 0 Å². The molecule has 8 nitrogen and oxygen atoms in total. The number of imide groups is 1. The molecule has 8 heteroatoms. The van der Waals surface area contributed by atoms with Gasteiger partial charge in [0.05, 0.1) is 0 Å². The van der Waals surface area contributed by atoms with Crippen molar-refractivity contribution in [2.75, 3.05) is 13.1 Å². The van der Waals surface area contributed by atoms with E-state index in [2.05, 4.69) is 28.1 Å². The molecule has 1 atom stereocenters. The molecule has 158 valence electrons. The van der Waals surface area contributed by atoms with Gasteiger partial charge < -0.3 is 15.5 Å². The van der Waals surface area contributed by atoms with Crippen molar-refractivity contribution in [1.29, 1.82) is 0 Å². The van der Waals surface area contributed by atoms with Crippen LogP contribution in [0.2, 0.25) is 0 Å². The maximum absolute atomic E-state index is 12.2. The molecule has 29 heavy (non-hydrogen) atoms. The van der Waals surface area contributed by atoms with Gasteiger partial charge in [0.15, 0.2) is 6.29 Å². The molecule has 3 N–H and O–H groups in total. The molecule has 2 fully saturated rings. The van der Waals surface area contributed by atoms with Crippen LogP contribution < -0.4 is 16.0 Å². The predicted molar refractivity (Wildman–Crippen MR) is 110 cm³/mol. The lowest BCUT2D eigenvalue weighted by molar-refractivity contribution is -0.129. The van der Waals surface area contributed by atoms with Crippen LogP contribution in [0.3, 0.4) is 0 Å². The molecule has 0 bridgehead atoms. The van der Waals surface area contributed by atoms with Gasteiger partial charge >= 0.3 is 12.1 Å². The van der Waals surface area contributed by atoms with E-state index in [1.165, 1.54) is 5.56 Å². The largest absolute Gasteiger partial charge is 0.343 e. The lowest BCUT2D eigenvalue weighted by atomic mass is 9.88. The minimum absolute atomic E-state index is 0.0662. The third-order valence-electron chi connectivity index (χ3n) is 5.73. The predicted octanol–water partition coefficient (Wildman–Crippen LogP) is 2.49. The van der Waals surface area contributed by atoms with Crippen LogP contribution >= 0.6 is 0 Å². The molecule has 0 saturated carbocycles. The Bertz CT molecular complexity index is 755. The fourth-order valence-electron chi connectivity index (χ4n) is 4.02. The second kappa shape index (κ2) is 8.82. The molecular formula is C21H31N5O3.